The first-order chi connectivity index (χ1) is 6.76. The predicted molar refractivity (Wildman–Crippen MR) is 55.1 cm³/mol. The van der Waals surface area contributed by atoms with Crippen LogP contribution in [0.1, 0.15) is 38.5 Å². The first kappa shape index (κ1) is 12.0. The van der Waals surface area contributed by atoms with Gasteiger partial charge in [-0.25, -0.2) is 0 Å². The van der Waals surface area contributed by atoms with Crippen molar-refractivity contribution in [3.8, 4) is 0 Å². The van der Waals surface area contributed by atoms with Gasteiger partial charge in [-0.15, -0.1) is 0 Å². The highest BCUT2D eigenvalue weighted by Gasteiger charge is 2.34. The monoisotopic (exact) mass is 202 g/mol. The molecule has 3 heteroatoms. The van der Waals surface area contributed by atoms with Crippen LogP contribution < -0.4 is 0 Å². The van der Waals surface area contributed by atoms with Crippen LogP contribution in [-0.4, -0.2) is 36.6 Å². The zero-order chi connectivity index (χ0) is 10.4. The topological polar surface area (TPSA) is 49.7 Å². The first-order valence-corrected chi connectivity index (χ1v) is 5.51. The zero-order valence-electron chi connectivity index (χ0n) is 9.04. The Labute approximate surface area is 86.1 Å². The average Bonchev–Trinajstić information content (AvgIpc) is 2.20. The number of ether oxygens (including phenoxy) is 1. The number of rotatable bonds is 5. The van der Waals surface area contributed by atoms with Crippen LogP contribution in [0.4, 0.5) is 0 Å². The summed E-state index contributed by atoms with van der Waals surface area (Å²) in [5.74, 6) is 0. The number of aliphatic hydroxyl groups is 2. The summed E-state index contributed by atoms with van der Waals surface area (Å²) in [6.45, 7) is 0.468. The average molecular weight is 202 g/mol. The maximum absolute atomic E-state index is 9.02. The van der Waals surface area contributed by atoms with Gasteiger partial charge >= 0.3 is 0 Å². The highest BCUT2D eigenvalue weighted by atomic mass is 16.5. The van der Waals surface area contributed by atoms with E-state index in [0.717, 1.165) is 38.5 Å². The first-order valence-electron chi connectivity index (χ1n) is 5.51. The van der Waals surface area contributed by atoms with Crippen LogP contribution in [0.25, 0.3) is 0 Å². The van der Waals surface area contributed by atoms with Gasteiger partial charge in [-0.3, -0.25) is 0 Å². The molecule has 1 fully saturated rings. The zero-order valence-corrected chi connectivity index (χ0v) is 9.04. The SMILES string of the molecule is COC1CCC(CCO)(CCO)CC1. The standard InChI is InChI=1S/C11H22O3/c1-14-10-2-4-11(5-3-10,6-8-12)7-9-13/h10,12-13H,2-9H2,1H3. The van der Waals surface area contributed by atoms with Gasteiger partial charge in [0, 0.05) is 20.3 Å². The smallest absolute Gasteiger partial charge is 0.0571 e. The lowest BCUT2D eigenvalue weighted by Crippen LogP contribution is -2.32. The van der Waals surface area contributed by atoms with Crippen LogP contribution >= 0.6 is 0 Å². The molecular formula is C11H22O3. The Balaban J connectivity index is 2.45. The molecule has 1 saturated carbocycles. The second-order valence-electron chi connectivity index (χ2n) is 4.38. The summed E-state index contributed by atoms with van der Waals surface area (Å²) in [6.07, 6.45) is 6.32. The van der Waals surface area contributed by atoms with E-state index in [1.165, 1.54) is 0 Å². The van der Waals surface area contributed by atoms with Crippen LogP contribution in [-0.2, 0) is 4.74 Å². The molecule has 0 bridgehead atoms. The largest absolute Gasteiger partial charge is 0.396 e. The van der Waals surface area contributed by atoms with Crippen molar-refractivity contribution in [3.05, 3.63) is 0 Å². The fourth-order valence-corrected chi connectivity index (χ4v) is 2.54. The predicted octanol–water partition coefficient (Wildman–Crippen LogP) is 1.33. The maximum atomic E-state index is 9.02. The quantitative estimate of drug-likeness (QED) is 0.707. The van der Waals surface area contributed by atoms with Gasteiger partial charge in [-0.1, -0.05) is 0 Å². The fraction of sp³-hybridized carbons (Fsp3) is 1.00. The van der Waals surface area contributed by atoms with E-state index in [1.54, 1.807) is 7.11 Å². The molecule has 0 spiro atoms. The Bertz CT molecular complexity index is 143. The van der Waals surface area contributed by atoms with E-state index in [4.69, 9.17) is 14.9 Å². The summed E-state index contributed by atoms with van der Waals surface area (Å²) in [4.78, 5) is 0. The third kappa shape index (κ3) is 2.94. The molecule has 0 aromatic carbocycles. The molecule has 0 amide bonds. The molecule has 1 rings (SSSR count). The molecule has 0 unspecified atom stereocenters. The molecule has 14 heavy (non-hydrogen) atoms. The Morgan fingerprint density at radius 1 is 1.14 bits per heavy atom. The molecule has 0 saturated heterocycles. The molecule has 0 radical (unpaired) electrons. The summed E-state index contributed by atoms with van der Waals surface area (Å²) in [7, 11) is 1.76. The lowest BCUT2D eigenvalue weighted by atomic mass is 9.69. The van der Waals surface area contributed by atoms with E-state index < -0.39 is 0 Å². The molecule has 0 aromatic heterocycles. The van der Waals surface area contributed by atoms with Gasteiger partial charge in [0.05, 0.1) is 6.10 Å². The Morgan fingerprint density at radius 2 is 1.64 bits per heavy atom. The molecule has 1 aliphatic carbocycles. The van der Waals surface area contributed by atoms with Gasteiger partial charge in [0.1, 0.15) is 0 Å². The lowest BCUT2D eigenvalue weighted by Gasteiger charge is -2.39. The number of aliphatic hydroxyl groups excluding tert-OH is 2. The van der Waals surface area contributed by atoms with Crippen LogP contribution in [0.15, 0.2) is 0 Å². The van der Waals surface area contributed by atoms with Gasteiger partial charge < -0.3 is 14.9 Å². The highest BCUT2D eigenvalue weighted by Crippen LogP contribution is 2.42. The van der Waals surface area contributed by atoms with Gasteiger partial charge in [0.15, 0.2) is 0 Å². The van der Waals surface area contributed by atoms with Crippen LogP contribution in [0, 0.1) is 5.41 Å². The number of hydrogen-bond donors (Lipinski definition) is 2. The summed E-state index contributed by atoms with van der Waals surface area (Å²) in [5, 5.41) is 18.0. The lowest BCUT2D eigenvalue weighted by molar-refractivity contribution is 0.00636. The number of methoxy groups -OCH3 is 1. The third-order valence-electron chi connectivity index (χ3n) is 3.61. The van der Waals surface area contributed by atoms with Crippen LogP contribution in [0.5, 0.6) is 0 Å². The van der Waals surface area contributed by atoms with Crippen LogP contribution in [0.3, 0.4) is 0 Å². The van der Waals surface area contributed by atoms with Crippen molar-refractivity contribution in [3.63, 3.8) is 0 Å². The van der Waals surface area contributed by atoms with E-state index in [-0.39, 0.29) is 18.6 Å². The Kier molecular flexibility index (Phi) is 4.85. The van der Waals surface area contributed by atoms with Crippen LogP contribution in [0.2, 0.25) is 0 Å². The van der Waals surface area contributed by atoms with E-state index in [1.807, 2.05) is 0 Å². The minimum atomic E-state index is 0.179. The minimum absolute atomic E-state index is 0.179. The summed E-state index contributed by atoms with van der Waals surface area (Å²) >= 11 is 0. The Hall–Kier alpha value is -0.120. The molecule has 0 aliphatic heterocycles. The van der Waals surface area contributed by atoms with Gasteiger partial charge in [-0.2, -0.15) is 0 Å². The third-order valence-corrected chi connectivity index (χ3v) is 3.61. The summed E-state index contributed by atoms with van der Waals surface area (Å²) in [6, 6.07) is 0. The molecule has 3 nitrogen and oxygen atoms in total. The van der Waals surface area contributed by atoms with Crippen molar-refractivity contribution in [2.24, 2.45) is 5.41 Å². The van der Waals surface area contributed by atoms with Crippen molar-refractivity contribution in [1.29, 1.82) is 0 Å². The minimum Gasteiger partial charge on any atom is -0.396 e. The van der Waals surface area contributed by atoms with Gasteiger partial charge in [-0.05, 0) is 43.9 Å². The van der Waals surface area contributed by atoms with E-state index >= 15 is 0 Å². The second-order valence-corrected chi connectivity index (χ2v) is 4.38. The van der Waals surface area contributed by atoms with Crippen molar-refractivity contribution in [2.45, 2.75) is 44.6 Å². The van der Waals surface area contributed by atoms with Gasteiger partial charge in [0.2, 0.25) is 0 Å². The molecule has 2 N–H and O–H groups in total. The van der Waals surface area contributed by atoms with Gasteiger partial charge in [0.25, 0.3) is 0 Å². The van der Waals surface area contributed by atoms with E-state index in [0.29, 0.717) is 6.10 Å². The summed E-state index contributed by atoms with van der Waals surface area (Å²) < 4.78 is 5.32. The van der Waals surface area contributed by atoms with Crippen molar-refractivity contribution in [2.75, 3.05) is 20.3 Å². The Morgan fingerprint density at radius 3 is 2.00 bits per heavy atom. The second kappa shape index (κ2) is 5.69. The fourth-order valence-electron chi connectivity index (χ4n) is 2.54. The van der Waals surface area contributed by atoms with Crippen molar-refractivity contribution < 1.29 is 14.9 Å². The molecular weight excluding hydrogens is 180 g/mol. The number of hydrogen-bond acceptors (Lipinski definition) is 3. The maximum Gasteiger partial charge on any atom is 0.0571 e. The molecule has 0 heterocycles. The molecule has 0 atom stereocenters. The van der Waals surface area contributed by atoms with E-state index in [2.05, 4.69) is 0 Å². The van der Waals surface area contributed by atoms with E-state index in [9.17, 15) is 0 Å². The van der Waals surface area contributed by atoms with Crippen molar-refractivity contribution >= 4 is 0 Å². The normalized spacial score (nSPS) is 22.5. The van der Waals surface area contributed by atoms with Crippen molar-refractivity contribution in [1.82, 2.24) is 0 Å². The molecule has 1 aliphatic rings. The molecule has 0 aromatic rings. The highest BCUT2D eigenvalue weighted by molar-refractivity contribution is 4.85. The summed E-state index contributed by atoms with van der Waals surface area (Å²) in [5.41, 5.74) is 0.179. The molecule has 84 valence electrons.